The third-order valence-corrected chi connectivity index (χ3v) is 7.23. The average molecular weight is 415 g/mol. The second-order valence-electron chi connectivity index (χ2n) is 7.10. The van der Waals surface area contributed by atoms with E-state index in [-0.39, 0.29) is 23.9 Å². The predicted molar refractivity (Wildman–Crippen MR) is 113 cm³/mol. The summed E-state index contributed by atoms with van der Waals surface area (Å²) in [5.74, 6) is 0.305. The van der Waals surface area contributed by atoms with Crippen LogP contribution in [0.1, 0.15) is 40.2 Å². The molecule has 1 aromatic carbocycles. The number of benzene rings is 1. The van der Waals surface area contributed by atoms with Crippen molar-refractivity contribution in [2.45, 2.75) is 51.0 Å². The molecule has 0 aliphatic heterocycles. The lowest BCUT2D eigenvalue weighted by Gasteiger charge is -2.09. The van der Waals surface area contributed by atoms with Crippen LogP contribution in [0.15, 0.2) is 27.9 Å². The number of esters is 1. The lowest BCUT2D eigenvalue weighted by atomic mass is 9.97. The van der Waals surface area contributed by atoms with Crippen LogP contribution in [0.2, 0.25) is 0 Å². The van der Waals surface area contributed by atoms with Crippen molar-refractivity contribution < 1.29 is 9.53 Å². The molecule has 4 rings (SSSR count). The number of rotatable bonds is 5. The third-order valence-electron chi connectivity index (χ3n) is 5.08. The fraction of sp³-hybridized carbons (Fsp3) is 0.381. The van der Waals surface area contributed by atoms with Crippen molar-refractivity contribution in [1.82, 2.24) is 9.97 Å². The maximum atomic E-state index is 12.5. The zero-order valence-electron chi connectivity index (χ0n) is 16.0. The number of carbonyl (C=O) groups excluding carboxylic acids is 1. The Hall–Kier alpha value is -2.12. The number of ether oxygens (including phenoxy) is 1. The molecule has 1 aliphatic rings. The number of H-pyrrole nitrogens is 1. The summed E-state index contributed by atoms with van der Waals surface area (Å²) in [5, 5.41) is 0.722. The summed E-state index contributed by atoms with van der Waals surface area (Å²) < 4.78 is 5.32. The fourth-order valence-electron chi connectivity index (χ4n) is 3.41. The minimum absolute atomic E-state index is 0.0138. The fourth-order valence-corrected chi connectivity index (χ4v) is 5.49. The zero-order chi connectivity index (χ0) is 19.7. The number of aryl methyl sites for hydroxylation is 4. The molecular formula is C21H22N2O3S2. The van der Waals surface area contributed by atoms with Gasteiger partial charge in [-0.15, -0.1) is 23.1 Å². The molecule has 0 bridgehead atoms. The number of thiophene rings is 1. The monoisotopic (exact) mass is 414 g/mol. The number of aromatic nitrogens is 2. The standard InChI is InChI=1S/C21H22N2O3S2/c1-12-7-8-14(9-13(12)2)27-11-18(24)26-10-17-22-20(25)19-15-5-3-4-6-16(15)28-21(19)23-17/h7-9H,3-6,10-11H2,1-2H3,(H,22,23,25). The van der Waals surface area contributed by atoms with Gasteiger partial charge in [-0.2, -0.15) is 0 Å². The van der Waals surface area contributed by atoms with Gasteiger partial charge >= 0.3 is 5.97 Å². The van der Waals surface area contributed by atoms with Crippen LogP contribution in [0.25, 0.3) is 10.2 Å². The van der Waals surface area contributed by atoms with E-state index >= 15 is 0 Å². The van der Waals surface area contributed by atoms with Crippen LogP contribution in [-0.4, -0.2) is 21.7 Å². The molecule has 7 heteroatoms. The number of thioether (sulfide) groups is 1. The Bertz CT molecular complexity index is 1100. The second-order valence-corrected chi connectivity index (χ2v) is 9.23. The molecule has 0 spiro atoms. The van der Waals surface area contributed by atoms with Crippen molar-refractivity contribution >= 4 is 39.3 Å². The molecule has 1 N–H and O–H groups in total. The van der Waals surface area contributed by atoms with Crippen molar-refractivity contribution in [2.75, 3.05) is 5.75 Å². The second kappa shape index (κ2) is 8.09. The van der Waals surface area contributed by atoms with Gasteiger partial charge in [0.15, 0.2) is 0 Å². The predicted octanol–water partition coefficient (Wildman–Crippen LogP) is 4.32. The van der Waals surface area contributed by atoms with Crippen LogP contribution in [0, 0.1) is 13.8 Å². The van der Waals surface area contributed by atoms with Crippen LogP contribution < -0.4 is 5.56 Å². The molecule has 1 aliphatic carbocycles. The Balaban J connectivity index is 1.40. The van der Waals surface area contributed by atoms with E-state index in [4.69, 9.17) is 4.74 Å². The quantitative estimate of drug-likeness (QED) is 0.497. The highest BCUT2D eigenvalue weighted by molar-refractivity contribution is 8.00. The Labute approximate surface area is 171 Å². The minimum Gasteiger partial charge on any atom is -0.457 e. The van der Waals surface area contributed by atoms with Gasteiger partial charge in [0.05, 0.1) is 11.1 Å². The Morgan fingerprint density at radius 3 is 2.89 bits per heavy atom. The molecule has 146 valence electrons. The van der Waals surface area contributed by atoms with Gasteiger partial charge in [-0.1, -0.05) is 6.07 Å². The lowest BCUT2D eigenvalue weighted by molar-refractivity contribution is -0.141. The first-order valence-electron chi connectivity index (χ1n) is 9.40. The van der Waals surface area contributed by atoms with Crippen LogP contribution in [-0.2, 0) is 29.0 Å². The van der Waals surface area contributed by atoms with Crippen LogP contribution in [0.5, 0.6) is 0 Å². The molecular weight excluding hydrogens is 392 g/mol. The number of hydrogen-bond donors (Lipinski definition) is 1. The van der Waals surface area contributed by atoms with Crippen molar-refractivity contribution in [3.05, 3.63) is 55.9 Å². The highest BCUT2D eigenvalue weighted by atomic mass is 32.2. The van der Waals surface area contributed by atoms with Crippen molar-refractivity contribution in [3.8, 4) is 0 Å². The largest absolute Gasteiger partial charge is 0.457 e. The average Bonchev–Trinajstić information content (AvgIpc) is 3.06. The molecule has 2 heterocycles. The zero-order valence-corrected chi connectivity index (χ0v) is 17.6. The van der Waals surface area contributed by atoms with Crippen LogP contribution in [0.3, 0.4) is 0 Å². The van der Waals surface area contributed by atoms with Gasteiger partial charge in [0.25, 0.3) is 5.56 Å². The van der Waals surface area contributed by atoms with E-state index in [1.54, 1.807) is 11.3 Å². The van der Waals surface area contributed by atoms with Crippen molar-refractivity contribution in [2.24, 2.45) is 0 Å². The summed E-state index contributed by atoms with van der Waals surface area (Å²) in [6.45, 7) is 4.10. The Morgan fingerprint density at radius 1 is 1.25 bits per heavy atom. The van der Waals surface area contributed by atoms with Crippen LogP contribution >= 0.6 is 23.1 Å². The topological polar surface area (TPSA) is 72.0 Å². The third kappa shape index (κ3) is 4.00. The summed E-state index contributed by atoms with van der Waals surface area (Å²) in [4.78, 5) is 35.0. The van der Waals surface area contributed by atoms with E-state index < -0.39 is 0 Å². The first kappa shape index (κ1) is 19.2. The molecule has 0 saturated heterocycles. The Kier molecular flexibility index (Phi) is 5.55. The number of nitrogens with zero attached hydrogens (tertiary/aromatic N) is 1. The normalized spacial score (nSPS) is 13.5. The van der Waals surface area contributed by atoms with Crippen molar-refractivity contribution in [3.63, 3.8) is 0 Å². The lowest BCUT2D eigenvalue weighted by Crippen LogP contribution is -2.15. The Morgan fingerprint density at radius 2 is 2.07 bits per heavy atom. The molecule has 3 aromatic rings. The first-order valence-corrected chi connectivity index (χ1v) is 11.2. The van der Waals surface area contributed by atoms with E-state index in [0.717, 1.165) is 39.9 Å². The molecule has 0 atom stereocenters. The summed E-state index contributed by atoms with van der Waals surface area (Å²) >= 11 is 3.04. The smallest absolute Gasteiger partial charge is 0.316 e. The molecule has 28 heavy (non-hydrogen) atoms. The maximum absolute atomic E-state index is 12.5. The first-order chi connectivity index (χ1) is 13.5. The van der Waals surface area contributed by atoms with E-state index in [2.05, 4.69) is 29.9 Å². The summed E-state index contributed by atoms with van der Waals surface area (Å²) in [6.07, 6.45) is 4.26. The molecule has 0 fully saturated rings. The molecule has 2 aromatic heterocycles. The van der Waals surface area contributed by atoms with E-state index in [0.29, 0.717) is 5.82 Å². The van der Waals surface area contributed by atoms with Gasteiger partial charge in [0.2, 0.25) is 0 Å². The number of hydrogen-bond acceptors (Lipinski definition) is 6. The molecule has 0 amide bonds. The van der Waals surface area contributed by atoms with Gasteiger partial charge in [0.1, 0.15) is 17.3 Å². The van der Waals surface area contributed by atoms with E-state index in [9.17, 15) is 9.59 Å². The van der Waals surface area contributed by atoms with Gasteiger partial charge in [-0.05, 0) is 68.4 Å². The highest BCUT2D eigenvalue weighted by Crippen LogP contribution is 2.33. The molecule has 0 unspecified atom stereocenters. The van der Waals surface area contributed by atoms with Crippen molar-refractivity contribution in [1.29, 1.82) is 0 Å². The molecule has 0 saturated carbocycles. The summed E-state index contributed by atoms with van der Waals surface area (Å²) in [6, 6.07) is 6.12. The molecule has 0 radical (unpaired) electrons. The molecule has 5 nitrogen and oxygen atoms in total. The van der Waals surface area contributed by atoms with E-state index in [1.165, 1.54) is 34.2 Å². The SMILES string of the molecule is Cc1ccc(SCC(=O)OCc2nc3sc4c(c3c(=O)[nH]2)CCCC4)cc1C. The van der Waals surface area contributed by atoms with E-state index in [1.807, 2.05) is 12.1 Å². The van der Waals surface area contributed by atoms with Gasteiger partial charge < -0.3 is 9.72 Å². The number of nitrogens with one attached hydrogen (secondary N) is 1. The van der Waals surface area contributed by atoms with Gasteiger partial charge in [0, 0.05) is 9.77 Å². The number of aromatic amines is 1. The highest BCUT2D eigenvalue weighted by Gasteiger charge is 2.20. The van der Waals surface area contributed by atoms with Gasteiger partial charge in [-0.25, -0.2) is 4.98 Å². The van der Waals surface area contributed by atoms with Gasteiger partial charge in [-0.3, -0.25) is 9.59 Å². The number of carbonyl (C=O) groups is 1. The summed E-state index contributed by atoms with van der Waals surface area (Å²) in [7, 11) is 0. The van der Waals surface area contributed by atoms with Crippen LogP contribution in [0.4, 0.5) is 0 Å². The summed E-state index contributed by atoms with van der Waals surface area (Å²) in [5.41, 5.74) is 3.47. The maximum Gasteiger partial charge on any atom is 0.316 e. The number of fused-ring (bicyclic) bond motifs is 3. The minimum atomic E-state index is -0.323.